The number of nitro groups is 1. The maximum atomic E-state index is 12.4. The van der Waals surface area contributed by atoms with Crippen molar-refractivity contribution < 1.29 is 22.3 Å². The van der Waals surface area contributed by atoms with Crippen LogP contribution in [0.25, 0.3) is 0 Å². The first-order valence-electron chi connectivity index (χ1n) is 9.54. The lowest BCUT2D eigenvalue weighted by molar-refractivity contribution is -0.385. The van der Waals surface area contributed by atoms with Crippen LogP contribution < -0.4 is 9.50 Å². The zero-order chi connectivity index (χ0) is 23.0. The highest BCUT2D eigenvalue weighted by Gasteiger charge is 2.20. The van der Waals surface area contributed by atoms with E-state index in [-0.39, 0.29) is 22.2 Å². The highest BCUT2D eigenvalue weighted by atomic mass is 32.2. The van der Waals surface area contributed by atoms with Gasteiger partial charge in [-0.25, -0.2) is 0 Å². The van der Waals surface area contributed by atoms with Gasteiger partial charge in [-0.1, -0.05) is 36.4 Å². The molecule has 0 bridgehead atoms. The van der Waals surface area contributed by atoms with Crippen LogP contribution in [0.2, 0.25) is 0 Å². The van der Waals surface area contributed by atoms with E-state index in [0.717, 1.165) is 17.6 Å². The Hall–Kier alpha value is -3.37. The molecule has 166 valence electrons. The summed E-state index contributed by atoms with van der Waals surface area (Å²) in [5.41, 5.74) is 1.22. The maximum absolute atomic E-state index is 12.4. The van der Waals surface area contributed by atoms with Crippen molar-refractivity contribution >= 4 is 33.5 Å². The first kappa shape index (κ1) is 23.3. The first-order valence-corrected chi connectivity index (χ1v) is 12.1. The van der Waals surface area contributed by atoms with Gasteiger partial charge in [0.1, 0.15) is 10.6 Å². The molecule has 0 fully saturated rings. The van der Waals surface area contributed by atoms with Crippen molar-refractivity contribution in [3.05, 3.63) is 100 Å². The fourth-order valence-corrected chi connectivity index (χ4v) is 4.48. The van der Waals surface area contributed by atoms with E-state index in [1.54, 1.807) is 11.8 Å². The minimum atomic E-state index is -4.25. The van der Waals surface area contributed by atoms with Crippen molar-refractivity contribution in [3.8, 4) is 5.75 Å². The second-order valence-electron chi connectivity index (χ2n) is 6.61. The van der Waals surface area contributed by atoms with Gasteiger partial charge in [-0.15, -0.1) is 0 Å². The standard InChI is InChI=1S/C22H20N2O6S2/c25-22(23-13-14-31-16-17-5-2-1-3-6-17)18-9-11-20(12-10-18)30-32(28,29)21-8-4-7-19(15-21)24(26)27/h1-12,15H,13-14,16H2,(H,23,25). The van der Waals surface area contributed by atoms with Crippen molar-refractivity contribution in [3.63, 3.8) is 0 Å². The largest absolute Gasteiger partial charge is 0.379 e. The van der Waals surface area contributed by atoms with Crippen molar-refractivity contribution in [2.45, 2.75) is 10.6 Å². The quantitative estimate of drug-likeness (QED) is 0.205. The average Bonchev–Trinajstić information content (AvgIpc) is 2.79. The summed E-state index contributed by atoms with van der Waals surface area (Å²) in [6.07, 6.45) is 0. The number of hydrogen-bond acceptors (Lipinski definition) is 7. The Kier molecular flexibility index (Phi) is 7.85. The number of nitrogens with one attached hydrogen (secondary N) is 1. The molecule has 0 aliphatic rings. The molecule has 8 nitrogen and oxygen atoms in total. The van der Waals surface area contributed by atoms with Gasteiger partial charge in [0.05, 0.1) is 4.92 Å². The molecule has 0 heterocycles. The molecule has 0 aliphatic carbocycles. The Labute approximate surface area is 189 Å². The second kappa shape index (κ2) is 10.8. The van der Waals surface area contributed by atoms with Crippen LogP contribution in [0.1, 0.15) is 15.9 Å². The fourth-order valence-electron chi connectivity index (χ4n) is 2.69. The molecule has 1 N–H and O–H groups in total. The molecule has 0 spiro atoms. The number of benzene rings is 3. The number of non-ortho nitro benzene ring substituents is 1. The first-order chi connectivity index (χ1) is 15.3. The topological polar surface area (TPSA) is 116 Å². The summed E-state index contributed by atoms with van der Waals surface area (Å²) >= 11 is 1.71. The van der Waals surface area contributed by atoms with Crippen molar-refractivity contribution in [1.82, 2.24) is 5.32 Å². The monoisotopic (exact) mass is 472 g/mol. The van der Waals surface area contributed by atoms with Crippen LogP contribution >= 0.6 is 11.8 Å². The molecule has 0 saturated carbocycles. The molecule has 0 unspecified atom stereocenters. The van der Waals surface area contributed by atoms with E-state index in [2.05, 4.69) is 17.4 Å². The van der Waals surface area contributed by atoms with Crippen molar-refractivity contribution in [1.29, 1.82) is 0 Å². The molecule has 0 saturated heterocycles. The van der Waals surface area contributed by atoms with Crippen molar-refractivity contribution in [2.24, 2.45) is 0 Å². The van der Waals surface area contributed by atoms with Gasteiger partial charge in [-0.2, -0.15) is 20.2 Å². The molecule has 0 atom stereocenters. The number of nitro benzene ring substituents is 1. The summed E-state index contributed by atoms with van der Waals surface area (Å²) in [6, 6.07) is 20.2. The zero-order valence-corrected chi connectivity index (χ0v) is 18.5. The fraction of sp³-hybridized carbons (Fsp3) is 0.136. The molecule has 0 radical (unpaired) electrons. The Bertz CT molecular complexity index is 1180. The van der Waals surface area contributed by atoms with Crippen LogP contribution in [0.4, 0.5) is 5.69 Å². The summed E-state index contributed by atoms with van der Waals surface area (Å²) in [5, 5.41) is 13.7. The van der Waals surface area contributed by atoms with Gasteiger partial charge in [0, 0.05) is 35.7 Å². The summed E-state index contributed by atoms with van der Waals surface area (Å²) in [4.78, 5) is 22.1. The number of rotatable bonds is 10. The lowest BCUT2D eigenvalue weighted by atomic mass is 10.2. The number of carbonyl (C=O) groups is 1. The van der Waals surface area contributed by atoms with Crippen LogP contribution in [0.3, 0.4) is 0 Å². The molecule has 32 heavy (non-hydrogen) atoms. The minimum absolute atomic E-state index is 0.00790. The normalized spacial score (nSPS) is 11.0. The average molecular weight is 473 g/mol. The number of thioether (sulfide) groups is 1. The summed E-state index contributed by atoms with van der Waals surface area (Å²) < 4.78 is 29.8. The van der Waals surface area contributed by atoms with Gasteiger partial charge in [-0.3, -0.25) is 14.9 Å². The third-order valence-electron chi connectivity index (χ3n) is 4.28. The van der Waals surface area contributed by atoms with Crippen LogP contribution in [0.5, 0.6) is 5.75 Å². The van der Waals surface area contributed by atoms with E-state index in [1.807, 2.05) is 18.2 Å². The summed E-state index contributed by atoms with van der Waals surface area (Å²) in [5.74, 6) is 1.33. The molecule has 1 amide bonds. The highest BCUT2D eigenvalue weighted by Crippen LogP contribution is 2.22. The SMILES string of the molecule is O=C(NCCSCc1ccccc1)c1ccc(OS(=O)(=O)c2cccc([N+](=O)[O-])c2)cc1. The minimum Gasteiger partial charge on any atom is -0.379 e. The van der Waals surface area contributed by atoms with Crippen LogP contribution in [0, 0.1) is 10.1 Å². The Balaban J connectivity index is 1.51. The lowest BCUT2D eigenvalue weighted by Crippen LogP contribution is -2.25. The van der Waals surface area contributed by atoms with E-state index in [4.69, 9.17) is 4.18 Å². The van der Waals surface area contributed by atoms with Gasteiger partial charge in [0.2, 0.25) is 0 Å². The summed E-state index contributed by atoms with van der Waals surface area (Å²) in [7, 11) is -4.25. The Morgan fingerprint density at radius 2 is 1.72 bits per heavy atom. The third kappa shape index (κ3) is 6.56. The highest BCUT2D eigenvalue weighted by molar-refractivity contribution is 7.98. The van der Waals surface area contributed by atoms with E-state index in [0.29, 0.717) is 12.1 Å². The molecule has 0 aliphatic heterocycles. The van der Waals surface area contributed by atoms with Gasteiger partial charge < -0.3 is 9.50 Å². The van der Waals surface area contributed by atoms with E-state index < -0.39 is 15.0 Å². The number of nitrogens with zero attached hydrogens (tertiary/aromatic N) is 1. The molecular formula is C22H20N2O6S2. The van der Waals surface area contributed by atoms with Gasteiger partial charge in [-0.05, 0) is 35.9 Å². The third-order valence-corrected chi connectivity index (χ3v) is 6.56. The number of hydrogen-bond donors (Lipinski definition) is 1. The smallest absolute Gasteiger partial charge is 0.339 e. The number of carbonyl (C=O) groups excluding carboxylic acids is 1. The van der Waals surface area contributed by atoms with Gasteiger partial charge >= 0.3 is 10.1 Å². The van der Waals surface area contributed by atoms with Crippen LogP contribution in [-0.4, -0.2) is 31.5 Å². The number of amides is 1. The molecule has 3 aromatic rings. The van der Waals surface area contributed by atoms with Gasteiger partial charge in [0.15, 0.2) is 0 Å². The van der Waals surface area contributed by atoms with Crippen molar-refractivity contribution in [2.75, 3.05) is 12.3 Å². The molecule has 0 aromatic heterocycles. The lowest BCUT2D eigenvalue weighted by Gasteiger charge is -2.08. The Morgan fingerprint density at radius 1 is 1.00 bits per heavy atom. The maximum Gasteiger partial charge on any atom is 0.339 e. The second-order valence-corrected chi connectivity index (χ2v) is 9.26. The molecule has 3 aromatic carbocycles. The van der Waals surface area contributed by atoms with Crippen LogP contribution in [0.15, 0.2) is 83.8 Å². The predicted octanol–water partition coefficient (Wildman–Crippen LogP) is 4.03. The summed E-state index contributed by atoms with van der Waals surface area (Å²) in [6.45, 7) is 0.496. The molecule has 10 heteroatoms. The van der Waals surface area contributed by atoms with Crippen LogP contribution in [-0.2, 0) is 15.9 Å². The van der Waals surface area contributed by atoms with E-state index >= 15 is 0 Å². The molecular weight excluding hydrogens is 452 g/mol. The Morgan fingerprint density at radius 3 is 2.41 bits per heavy atom. The van der Waals surface area contributed by atoms with E-state index in [1.165, 1.54) is 48.0 Å². The van der Waals surface area contributed by atoms with E-state index in [9.17, 15) is 23.3 Å². The molecule has 3 rings (SSSR count). The predicted molar refractivity (Wildman–Crippen MR) is 122 cm³/mol. The zero-order valence-electron chi connectivity index (χ0n) is 16.8. The van der Waals surface area contributed by atoms with Gasteiger partial charge in [0.25, 0.3) is 11.6 Å².